The highest BCUT2D eigenvalue weighted by atomic mass is 35.5. The van der Waals surface area contributed by atoms with Crippen molar-refractivity contribution in [1.29, 1.82) is 0 Å². The third-order valence-electron chi connectivity index (χ3n) is 2.34. The summed E-state index contributed by atoms with van der Waals surface area (Å²) in [5.41, 5.74) is 0.474. The van der Waals surface area contributed by atoms with Crippen molar-refractivity contribution in [1.82, 2.24) is 15.1 Å². The highest BCUT2D eigenvalue weighted by Gasteiger charge is 2.16. The van der Waals surface area contributed by atoms with Crippen molar-refractivity contribution >= 4 is 17.4 Å². The van der Waals surface area contributed by atoms with Crippen molar-refractivity contribution in [2.24, 2.45) is 0 Å². The molecule has 0 aliphatic rings. The van der Waals surface area contributed by atoms with Crippen LogP contribution in [-0.4, -0.2) is 42.4 Å². The van der Waals surface area contributed by atoms with Crippen molar-refractivity contribution in [3.05, 3.63) is 16.9 Å². The molecule has 1 aromatic rings. The average Bonchev–Trinajstić information content (AvgIpc) is 2.68. The highest BCUT2D eigenvalue weighted by Crippen LogP contribution is 2.16. The molecule has 0 bridgehead atoms. The summed E-state index contributed by atoms with van der Waals surface area (Å²) >= 11 is 5.97. The highest BCUT2D eigenvalue weighted by molar-refractivity contribution is 6.33. The molecule has 0 fully saturated rings. The number of nitrogens with one attached hydrogen (secondary N) is 1. The van der Waals surface area contributed by atoms with Gasteiger partial charge >= 0.3 is 0 Å². The summed E-state index contributed by atoms with van der Waals surface area (Å²) < 4.78 is 6.56. The molecular formula is C11H18ClN3O2. The summed E-state index contributed by atoms with van der Waals surface area (Å²) in [5, 5.41) is 7.58. The summed E-state index contributed by atoms with van der Waals surface area (Å²) in [7, 11) is 1.61. The fourth-order valence-corrected chi connectivity index (χ4v) is 1.73. The Kier molecular flexibility index (Phi) is 6.18. The van der Waals surface area contributed by atoms with Crippen LogP contribution in [0.5, 0.6) is 0 Å². The second kappa shape index (κ2) is 7.42. The van der Waals surface area contributed by atoms with Gasteiger partial charge in [-0.1, -0.05) is 18.5 Å². The Labute approximate surface area is 106 Å². The second-order valence-electron chi connectivity index (χ2n) is 3.58. The number of nitrogens with zero attached hydrogens (tertiary/aromatic N) is 2. The minimum absolute atomic E-state index is 0.00422. The van der Waals surface area contributed by atoms with E-state index in [1.807, 2.05) is 6.92 Å². The minimum atomic E-state index is 0.00422. The van der Waals surface area contributed by atoms with E-state index >= 15 is 0 Å². The number of Topliss-reactive ketones (excluding diaryl/α,β-unsaturated/α-hetero) is 1. The molecule has 0 saturated carbocycles. The fraction of sp³-hybridized carbons (Fsp3) is 0.636. The summed E-state index contributed by atoms with van der Waals surface area (Å²) in [5.74, 6) is 0.00422. The molecule has 1 rings (SSSR count). The van der Waals surface area contributed by atoms with E-state index in [1.165, 1.54) is 6.20 Å². The molecule has 0 saturated heterocycles. The van der Waals surface area contributed by atoms with Gasteiger partial charge in [0.25, 0.3) is 0 Å². The van der Waals surface area contributed by atoms with Crippen LogP contribution >= 0.6 is 11.6 Å². The van der Waals surface area contributed by atoms with E-state index in [0.717, 1.165) is 6.54 Å². The van der Waals surface area contributed by atoms with Gasteiger partial charge in [-0.15, -0.1) is 0 Å². The smallest absolute Gasteiger partial charge is 0.183 e. The zero-order valence-electron chi connectivity index (χ0n) is 10.2. The number of hydrogen-bond donors (Lipinski definition) is 1. The van der Waals surface area contributed by atoms with Crippen molar-refractivity contribution in [2.45, 2.75) is 19.9 Å². The van der Waals surface area contributed by atoms with Gasteiger partial charge in [0.2, 0.25) is 0 Å². The molecule has 0 aromatic carbocycles. The summed E-state index contributed by atoms with van der Waals surface area (Å²) in [4.78, 5) is 12.0. The summed E-state index contributed by atoms with van der Waals surface area (Å²) in [6, 6.07) is 0. The molecule has 0 aliphatic carbocycles. The summed E-state index contributed by atoms with van der Waals surface area (Å²) in [6.07, 6.45) is 1.92. The number of aromatic nitrogens is 2. The Hall–Kier alpha value is -0.910. The molecule has 0 spiro atoms. The van der Waals surface area contributed by atoms with E-state index in [2.05, 4.69) is 10.4 Å². The van der Waals surface area contributed by atoms with Crippen LogP contribution in [0, 0.1) is 0 Å². The van der Waals surface area contributed by atoms with Gasteiger partial charge < -0.3 is 10.1 Å². The Balaban J connectivity index is 2.66. The fourth-order valence-electron chi connectivity index (χ4n) is 1.48. The molecule has 1 heterocycles. The maximum atomic E-state index is 12.0. The Bertz CT molecular complexity index is 366. The van der Waals surface area contributed by atoms with Crippen LogP contribution in [0.2, 0.25) is 5.02 Å². The molecule has 1 aromatic heterocycles. The van der Waals surface area contributed by atoms with Crippen LogP contribution in [0.25, 0.3) is 0 Å². The lowest BCUT2D eigenvalue weighted by atomic mass is 10.2. The first-order chi connectivity index (χ1) is 8.20. The number of carbonyl (C=O) groups is 1. The Morgan fingerprint density at radius 3 is 3.06 bits per heavy atom. The van der Waals surface area contributed by atoms with Gasteiger partial charge in [0.15, 0.2) is 5.78 Å². The summed E-state index contributed by atoms with van der Waals surface area (Å²) in [6.45, 7) is 4.54. The van der Waals surface area contributed by atoms with E-state index in [9.17, 15) is 4.79 Å². The molecule has 0 atom stereocenters. The first-order valence-corrected chi connectivity index (χ1v) is 6.02. The monoisotopic (exact) mass is 259 g/mol. The SMILES string of the molecule is CCNCCC(=O)c1c(Cl)cnn1CCOC. The van der Waals surface area contributed by atoms with Crippen LogP contribution < -0.4 is 5.32 Å². The van der Waals surface area contributed by atoms with Crippen LogP contribution in [0.15, 0.2) is 6.20 Å². The molecule has 1 N–H and O–H groups in total. The maximum absolute atomic E-state index is 12.0. The predicted octanol–water partition coefficient (Wildman–Crippen LogP) is 1.37. The Morgan fingerprint density at radius 2 is 2.41 bits per heavy atom. The molecule has 0 unspecified atom stereocenters. The van der Waals surface area contributed by atoms with Gasteiger partial charge in [0.1, 0.15) is 5.69 Å². The third-order valence-corrected chi connectivity index (χ3v) is 2.62. The van der Waals surface area contributed by atoms with E-state index in [4.69, 9.17) is 16.3 Å². The van der Waals surface area contributed by atoms with Crippen molar-refractivity contribution in [2.75, 3.05) is 26.8 Å². The molecule has 6 heteroatoms. The van der Waals surface area contributed by atoms with Crippen LogP contribution in [0.4, 0.5) is 0 Å². The lowest BCUT2D eigenvalue weighted by Gasteiger charge is -2.07. The topological polar surface area (TPSA) is 56.2 Å². The number of rotatable bonds is 8. The Morgan fingerprint density at radius 1 is 1.65 bits per heavy atom. The van der Waals surface area contributed by atoms with Crippen molar-refractivity contribution < 1.29 is 9.53 Å². The number of halogens is 1. The van der Waals surface area contributed by atoms with Crippen molar-refractivity contribution in [3.63, 3.8) is 0 Å². The number of carbonyl (C=O) groups excluding carboxylic acids is 1. The van der Waals surface area contributed by atoms with Crippen LogP contribution in [-0.2, 0) is 11.3 Å². The number of hydrogen-bond acceptors (Lipinski definition) is 4. The number of methoxy groups -OCH3 is 1. The molecule has 0 amide bonds. The third kappa shape index (κ3) is 4.11. The molecule has 0 radical (unpaired) electrons. The first-order valence-electron chi connectivity index (χ1n) is 5.64. The zero-order chi connectivity index (χ0) is 12.7. The van der Waals surface area contributed by atoms with Crippen LogP contribution in [0.1, 0.15) is 23.8 Å². The average molecular weight is 260 g/mol. The van der Waals surface area contributed by atoms with E-state index in [-0.39, 0.29) is 5.78 Å². The van der Waals surface area contributed by atoms with Gasteiger partial charge in [-0.25, -0.2) is 0 Å². The van der Waals surface area contributed by atoms with Gasteiger partial charge in [-0.2, -0.15) is 5.10 Å². The van der Waals surface area contributed by atoms with E-state index in [0.29, 0.717) is 36.8 Å². The largest absolute Gasteiger partial charge is 0.383 e. The lowest BCUT2D eigenvalue weighted by molar-refractivity contribution is 0.0969. The van der Waals surface area contributed by atoms with Gasteiger partial charge in [0.05, 0.1) is 24.4 Å². The standard InChI is InChI=1S/C11H18ClN3O2/c1-3-13-5-4-10(16)11-9(12)8-14-15(11)6-7-17-2/h8,13H,3-7H2,1-2H3. The number of ketones is 1. The van der Waals surface area contributed by atoms with Crippen molar-refractivity contribution in [3.8, 4) is 0 Å². The van der Waals surface area contributed by atoms with Gasteiger partial charge in [0, 0.05) is 20.1 Å². The molecule has 5 nitrogen and oxygen atoms in total. The predicted molar refractivity (Wildman–Crippen MR) is 66.6 cm³/mol. The normalized spacial score (nSPS) is 10.8. The van der Waals surface area contributed by atoms with Crippen LogP contribution in [0.3, 0.4) is 0 Å². The number of ether oxygens (including phenoxy) is 1. The minimum Gasteiger partial charge on any atom is -0.383 e. The zero-order valence-corrected chi connectivity index (χ0v) is 11.0. The van der Waals surface area contributed by atoms with E-state index in [1.54, 1.807) is 11.8 Å². The lowest BCUT2D eigenvalue weighted by Crippen LogP contribution is -2.20. The first kappa shape index (κ1) is 14.2. The molecule has 96 valence electrons. The second-order valence-corrected chi connectivity index (χ2v) is 3.99. The quantitative estimate of drug-likeness (QED) is 0.566. The van der Waals surface area contributed by atoms with Gasteiger partial charge in [-0.05, 0) is 6.54 Å². The van der Waals surface area contributed by atoms with E-state index < -0.39 is 0 Å². The molecular weight excluding hydrogens is 242 g/mol. The van der Waals surface area contributed by atoms with Gasteiger partial charge in [-0.3, -0.25) is 9.48 Å². The molecule has 0 aliphatic heterocycles. The maximum Gasteiger partial charge on any atom is 0.183 e. The molecule has 17 heavy (non-hydrogen) atoms.